The number of carboxylic acids is 1. The lowest BCUT2D eigenvalue weighted by molar-refractivity contribution is 0.0701. The number of carbonyl (C=O) groups is 1. The van der Waals surface area contributed by atoms with Gasteiger partial charge in [-0.25, -0.2) is 13.2 Å². The van der Waals surface area contributed by atoms with Crippen molar-refractivity contribution in [2.24, 2.45) is 0 Å². The Morgan fingerprint density at radius 1 is 1.19 bits per heavy atom. The summed E-state index contributed by atoms with van der Waals surface area (Å²) in [6.45, 7) is 3.23. The van der Waals surface area contributed by atoms with Gasteiger partial charge in [0.15, 0.2) is 0 Å². The monoisotopic (exact) mass is 327 g/mol. The molecule has 0 radical (unpaired) electrons. The van der Waals surface area contributed by atoms with Crippen LogP contribution in [0.3, 0.4) is 0 Å². The molecule has 8 heteroatoms. The average molecular weight is 327 g/mol. The molecule has 3 N–H and O–H groups in total. The van der Waals surface area contributed by atoms with E-state index in [4.69, 9.17) is 5.11 Å². The third kappa shape index (κ3) is 3.17. The molecule has 0 aliphatic rings. The quantitative estimate of drug-likeness (QED) is 0.800. The van der Waals surface area contributed by atoms with E-state index in [1.807, 2.05) is 0 Å². The van der Waals surface area contributed by atoms with E-state index in [2.05, 4.69) is 4.72 Å². The van der Waals surface area contributed by atoms with Crippen LogP contribution in [0.15, 0.2) is 28.5 Å². The maximum Gasteiger partial charge on any atom is 0.346 e. The van der Waals surface area contributed by atoms with Crippen molar-refractivity contribution in [2.45, 2.75) is 18.1 Å². The molecular weight excluding hydrogens is 314 g/mol. The maximum atomic E-state index is 12.2. The fraction of sp³-hybridized carbons (Fsp3) is 0.154. The predicted octanol–water partition coefficient (Wildman–Crippen LogP) is 2.57. The van der Waals surface area contributed by atoms with E-state index >= 15 is 0 Å². The summed E-state index contributed by atoms with van der Waals surface area (Å²) in [5, 5.41) is 18.5. The van der Waals surface area contributed by atoms with E-state index in [-0.39, 0.29) is 20.5 Å². The van der Waals surface area contributed by atoms with E-state index in [1.54, 1.807) is 13.0 Å². The summed E-state index contributed by atoms with van der Waals surface area (Å²) in [5.74, 6) is -1.18. The largest absolute Gasteiger partial charge is 0.508 e. The van der Waals surface area contributed by atoms with Gasteiger partial charge in [-0.2, -0.15) is 0 Å². The van der Waals surface area contributed by atoms with Crippen LogP contribution in [0.25, 0.3) is 0 Å². The molecule has 0 aliphatic carbocycles. The number of rotatable bonds is 4. The Morgan fingerprint density at radius 3 is 2.38 bits per heavy atom. The van der Waals surface area contributed by atoms with Crippen LogP contribution in [-0.2, 0) is 10.0 Å². The maximum absolute atomic E-state index is 12.2. The van der Waals surface area contributed by atoms with Crippen LogP contribution in [-0.4, -0.2) is 24.6 Å². The van der Waals surface area contributed by atoms with Crippen molar-refractivity contribution in [3.8, 4) is 5.75 Å². The highest BCUT2D eigenvalue weighted by molar-refractivity contribution is 7.94. The molecule has 0 saturated heterocycles. The van der Waals surface area contributed by atoms with E-state index in [9.17, 15) is 18.3 Å². The normalized spacial score (nSPS) is 11.3. The van der Waals surface area contributed by atoms with Gasteiger partial charge in [0.1, 0.15) is 14.8 Å². The molecule has 2 rings (SSSR count). The molecule has 1 aromatic carbocycles. The first-order valence-corrected chi connectivity index (χ1v) is 8.17. The van der Waals surface area contributed by atoms with Crippen LogP contribution >= 0.6 is 11.3 Å². The fourth-order valence-corrected chi connectivity index (χ4v) is 4.10. The van der Waals surface area contributed by atoms with Gasteiger partial charge < -0.3 is 10.2 Å². The molecule has 0 atom stereocenters. The lowest BCUT2D eigenvalue weighted by atomic mass is 10.2. The summed E-state index contributed by atoms with van der Waals surface area (Å²) in [4.78, 5) is 11.0. The SMILES string of the molecule is Cc1ccc(NS(=O)(=O)c2cc(C)c(C(=O)O)s2)cc1O. The van der Waals surface area contributed by atoms with Crippen molar-refractivity contribution in [3.63, 3.8) is 0 Å². The van der Waals surface area contributed by atoms with Crippen LogP contribution in [0.2, 0.25) is 0 Å². The van der Waals surface area contributed by atoms with Crippen molar-refractivity contribution in [1.29, 1.82) is 0 Å². The number of aryl methyl sites for hydroxylation is 2. The molecule has 0 amide bonds. The molecular formula is C13H13NO5S2. The fourth-order valence-electron chi connectivity index (χ4n) is 1.68. The molecule has 0 unspecified atom stereocenters. The summed E-state index contributed by atoms with van der Waals surface area (Å²) in [7, 11) is -3.88. The summed E-state index contributed by atoms with van der Waals surface area (Å²) in [5.41, 5.74) is 1.22. The lowest BCUT2D eigenvalue weighted by Gasteiger charge is -2.07. The minimum absolute atomic E-state index is 0.0119. The second-order valence-corrected chi connectivity index (χ2v) is 7.45. The van der Waals surface area contributed by atoms with Crippen molar-refractivity contribution >= 4 is 33.0 Å². The molecule has 0 bridgehead atoms. The van der Waals surface area contributed by atoms with Crippen LogP contribution < -0.4 is 4.72 Å². The number of thiophene rings is 1. The second-order valence-electron chi connectivity index (χ2n) is 4.49. The lowest BCUT2D eigenvalue weighted by Crippen LogP contribution is -2.11. The molecule has 2 aromatic rings. The number of anilines is 1. The number of aromatic hydroxyl groups is 1. The third-order valence-electron chi connectivity index (χ3n) is 2.82. The smallest absolute Gasteiger partial charge is 0.346 e. The molecule has 21 heavy (non-hydrogen) atoms. The number of hydrogen-bond donors (Lipinski definition) is 3. The molecule has 6 nitrogen and oxygen atoms in total. The number of carboxylic acid groups (broad SMARTS) is 1. The van der Waals surface area contributed by atoms with Gasteiger partial charge in [-0.05, 0) is 37.1 Å². The zero-order chi connectivity index (χ0) is 15.8. The first-order chi connectivity index (χ1) is 9.70. The third-order valence-corrected chi connectivity index (χ3v) is 5.90. The second kappa shape index (κ2) is 5.38. The summed E-state index contributed by atoms with van der Waals surface area (Å²) in [6.07, 6.45) is 0. The van der Waals surface area contributed by atoms with Gasteiger partial charge in [0.25, 0.3) is 10.0 Å². The highest BCUT2D eigenvalue weighted by atomic mass is 32.2. The first-order valence-electron chi connectivity index (χ1n) is 5.87. The Hall–Kier alpha value is -2.06. The molecule has 1 heterocycles. The van der Waals surface area contributed by atoms with Gasteiger partial charge >= 0.3 is 5.97 Å². The number of phenols is 1. The molecule has 112 valence electrons. The zero-order valence-electron chi connectivity index (χ0n) is 11.2. The van der Waals surface area contributed by atoms with Gasteiger partial charge in [-0.1, -0.05) is 6.07 Å². The van der Waals surface area contributed by atoms with Crippen molar-refractivity contribution in [3.05, 3.63) is 40.3 Å². The number of phenolic OH excluding ortho intramolecular Hbond substituents is 1. The average Bonchev–Trinajstić information content (AvgIpc) is 2.77. The zero-order valence-corrected chi connectivity index (χ0v) is 12.9. The van der Waals surface area contributed by atoms with Crippen molar-refractivity contribution in [2.75, 3.05) is 4.72 Å². The number of sulfonamides is 1. The van der Waals surface area contributed by atoms with Gasteiger partial charge in [0.05, 0.1) is 5.69 Å². The Kier molecular flexibility index (Phi) is 3.93. The van der Waals surface area contributed by atoms with Crippen LogP contribution in [0.1, 0.15) is 20.8 Å². The standard InChI is InChI=1S/C13H13NO5S2/c1-7-3-4-9(6-10(7)15)14-21(18,19)11-5-8(2)12(20-11)13(16)17/h3-6,14-15H,1-2H3,(H,16,17). The Labute approximate surface area is 125 Å². The van der Waals surface area contributed by atoms with Crippen LogP contribution in [0, 0.1) is 13.8 Å². The molecule has 0 fully saturated rings. The predicted molar refractivity (Wildman–Crippen MR) is 79.7 cm³/mol. The van der Waals surface area contributed by atoms with E-state index in [1.165, 1.54) is 25.1 Å². The van der Waals surface area contributed by atoms with E-state index in [0.717, 1.165) is 0 Å². The molecule has 1 aromatic heterocycles. The minimum atomic E-state index is -3.88. The van der Waals surface area contributed by atoms with Crippen LogP contribution in [0.4, 0.5) is 5.69 Å². The van der Waals surface area contributed by atoms with Crippen LogP contribution in [0.5, 0.6) is 5.75 Å². The number of aromatic carboxylic acids is 1. The van der Waals surface area contributed by atoms with Crippen molar-refractivity contribution in [1.82, 2.24) is 0 Å². The molecule has 0 saturated carbocycles. The summed E-state index contributed by atoms with van der Waals surface area (Å²) < 4.78 is 26.6. The van der Waals surface area contributed by atoms with E-state index in [0.29, 0.717) is 22.5 Å². The Morgan fingerprint density at radius 2 is 1.86 bits per heavy atom. The number of nitrogens with one attached hydrogen (secondary N) is 1. The molecule has 0 spiro atoms. The summed E-state index contributed by atoms with van der Waals surface area (Å²) >= 11 is 0.689. The highest BCUT2D eigenvalue weighted by Crippen LogP contribution is 2.29. The Balaban J connectivity index is 2.36. The van der Waals surface area contributed by atoms with Gasteiger partial charge in [0, 0.05) is 6.07 Å². The summed E-state index contributed by atoms with van der Waals surface area (Å²) in [6, 6.07) is 5.71. The first kappa shape index (κ1) is 15.3. The van der Waals surface area contributed by atoms with Gasteiger partial charge in [0.2, 0.25) is 0 Å². The number of hydrogen-bond acceptors (Lipinski definition) is 5. The van der Waals surface area contributed by atoms with Gasteiger partial charge in [-0.15, -0.1) is 11.3 Å². The molecule has 0 aliphatic heterocycles. The van der Waals surface area contributed by atoms with Crippen molar-refractivity contribution < 1.29 is 23.4 Å². The number of benzene rings is 1. The highest BCUT2D eigenvalue weighted by Gasteiger charge is 2.22. The minimum Gasteiger partial charge on any atom is -0.508 e. The Bertz CT molecular complexity index is 808. The van der Waals surface area contributed by atoms with E-state index < -0.39 is 16.0 Å². The topological polar surface area (TPSA) is 104 Å². The van der Waals surface area contributed by atoms with Gasteiger partial charge in [-0.3, -0.25) is 4.72 Å².